The van der Waals surface area contributed by atoms with E-state index in [1.807, 2.05) is 18.0 Å². The van der Waals surface area contributed by atoms with Crippen molar-refractivity contribution in [1.29, 1.82) is 0 Å². The number of thioether (sulfide) groups is 1. The highest BCUT2D eigenvalue weighted by atomic mass is 32.2. The Hall–Kier alpha value is -0.500. The summed E-state index contributed by atoms with van der Waals surface area (Å²) in [4.78, 5) is 5.64. The lowest BCUT2D eigenvalue weighted by molar-refractivity contribution is 0.817. The molecular formula is C10H15NS. The molecule has 1 rings (SSSR count). The molecule has 0 aliphatic rings. The van der Waals surface area contributed by atoms with E-state index >= 15 is 0 Å². The van der Waals surface area contributed by atoms with Gasteiger partial charge in [0.1, 0.15) is 0 Å². The van der Waals surface area contributed by atoms with E-state index in [0.29, 0.717) is 5.92 Å². The van der Waals surface area contributed by atoms with Gasteiger partial charge in [-0.15, -0.1) is 11.8 Å². The zero-order chi connectivity index (χ0) is 8.97. The average Bonchev–Trinajstić information content (AvgIpc) is 2.05. The molecule has 0 saturated carbocycles. The molecule has 2 heteroatoms. The molecule has 0 spiro atoms. The lowest BCUT2D eigenvalue weighted by Crippen LogP contribution is -1.91. The van der Waals surface area contributed by atoms with Gasteiger partial charge in [0.05, 0.1) is 0 Å². The zero-order valence-electron chi connectivity index (χ0n) is 7.87. The van der Waals surface area contributed by atoms with Crippen LogP contribution >= 0.6 is 11.8 Å². The largest absolute Gasteiger partial charge is 0.261 e. The second-order valence-electron chi connectivity index (χ2n) is 3.00. The van der Waals surface area contributed by atoms with Gasteiger partial charge in [0.2, 0.25) is 0 Å². The van der Waals surface area contributed by atoms with Crippen molar-refractivity contribution >= 4 is 11.8 Å². The zero-order valence-corrected chi connectivity index (χ0v) is 8.69. The second-order valence-corrected chi connectivity index (χ2v) is 4.34. The van der Waals surface area contributed by atoms with E-state index in [9.17, 15) is 0 Å². The van der Waals surface area contributed by atoms with Gasteiger partial charge in [-0.1, -0.05) is 20.8 Å². The number of pyridine rings is 1. The summed E-state index contributed by atoms with van der Waals surface area (Å²) in [6.07, 6.45) is 1.90. The van der Waals surface area contributed by atoms with Crippen LogP contribution < -0.4 is 0 Å². The van der Waals surface area contributed by atoms with Crippen molar-refractivity contribution in [2.24, 2.45) is 0 Å². The average molecular weight is 181 g/mol. The predicted molar refractivity (Wildman–Crippen MR) is 54.7 cm³/mol. The van der Waals surface area contributed by atoms with Gasteiger partial charge in [-0.2, -0.15) is 0 Å². The molecule has 0 N–H and O–H groups in total. The van der Waals surface area contributed by atoms with E-state index in [-0.39, 0.29) is 0 Å². The van der Waals surface area contributed by atoms with Crippen LogP contribution in [0, 0.1) is 0 Å². The summed E-state index contributed by atoms with van der Waals surface area (Å²) in [6.45, 7) is 6.51. The fourth-order valence-electron chi connectivity index (χ4n) is 1.00. The Labute approximate surface area is 78.6 Å². The highest BCUT2D eigenvalue weighted by Crippen LogP contribution is 2.20. The predicted octanol–water partition coefficient (Wildman–Crippen LogP) is 3.32. The van der Waals surface area contributed by atoms with E-state index in [2.05, 4.69) is 37.9 Å². The van der Waals surface area contributed by atoms with Crippen LogP contribution in [-0.2, 0) is 0 Å². The molecule has 0 radical (unpaired) electrons. The first-order valence-corrected chi connectivity index (χ1v) is 5.31. The normalized spacial score (nSPS) is 10.7. The van der Waals surface area contributed by atoms with Crippen LogP contribution in [0.5, 0.6) is 0 Å². The molecule has 1 nitrogen and oxygen atoms in total. The summed E-state index contributed by atoms with van der Waals surface area (Å²) < 4.78 is 0. The van der Waals surface area contributed by atoms with Crippen molar-refractivity contribution in [3.63, 3.8) is 0 Å². The lowest BCUT2D eigenvalue weighted by Gasteiger charge is -2.05. The topological polar surface area (TPSA) is 12.9 Å². The van der Waals surface area contributed by atoms with Crippen LogP contribution in [-0.4, -0.2) is 10.7 Å². The molecule has 0 bridgehead atoms. The van der Waals surface area contributed by atoms with Gasteiger partial charge < -0.3 is 0 Å². The molecule has 0 aliphatic heterocycles. The molecule has 66 valence electrons. The highest BCUT2D eigenvalue weighted by molar-refractivity contribution is 7.99. The maximum absolute atomic E-state index is 4.31. The Bertz CT molecular complexity index is 245. The molecule has 0 atom stereocenters. The fraction of sp³-hybridized carbons (Fsp3) is 0.500. The summed E-state index contributed by atoms with van der Waals surface area (Å²) in [6, 6.07) is 4.25. The van der Waals surface area contributed by atoms with Crippen LogP contribution in [0.1, 0.15) is 32.4 Å². The highest BCUT2D eigenvalue weighted by Gasteiger charge is 2.00. The lowest BCUT2D eigenvalue weighted by atomic mass is 10.1. The molecule has 0 amide bonds. The number of hydrogen-bond donors (Lipinski definition) is 0. The van der Waals surface area contributed by atoms with E-state index < -0.39 is 0 Å². The summed E-state index contributed by atoms with van der Waals surface area (Å²) >= 11 is 1.87. The van der Waals surface area contributed by atoms with Gasteiger partial charge >= 0.3 is 0 Å². The molecule has 1 aromatic rings. The first kappa shape index (κ1) is 9.59. The third-order valence-electron chi connectivity index (χ3n) is 1.66. The van der Waals surface area contributed by atoms with Gasteiger partial charge in [-0.05, 0) is 23.8 Å². The number of aromatic nitrogens is 1. The molecule has 1 aromatic heterocycles. The van der Waals surface area contributed by atoms with E-state index in [1.165, 1.54) is 10.6 Å². The molecular weight excluding hydrogens is 166 g/mol. The van der Waals surface area contributed by atoms with Gasteiger partial charge in [0.15, 0.2) is 0 Å². The first-order valence-electron chi connectivity index (χ1n) is 4.32. The Morgan fingerprint density at radius 1 is 1.50 bits per heavy atom. The summed E-state index contributed by atoms with van der Waals surface area (Å²) in [5, 5.41) is 0. The maximum atomic E-state index is 4.31. The van der Waals surface area contributed by atoms with Crippen molar-refractivity contribution in [2.75, 3.05) is 5.75 Å². The van der Waals surface area contributed by atoms with Gasteiger partial charge in [-0.3, -0.25) is 4.98 Å². The first-order chi connectivity index (χ1) is 5.74. The minimum absolute atomic E-state index is 0.530. The smallest absolute Gasteiger partial charge is 0.0440 e. The number of hydrogen-bond acceptors (Lipinski definition) is 2. The van der Waals surface area contributed by atoms with Crippen molar-refractivity contribution < 1.29 is 0 Å². The quantitative estimate of drug-likeness (QED) is 0.663. The third-order valence-corrected chi connectivity index (χ3v) is 2.53. The van der Waals surface area contributed by atoms with Crippen LogP contribution in [0.2, 0.25) is 0 Å². The maximum Gasteiger partial charge on any atom is 0.0440 e. The SMILES string of the molecule is CCSc1ccnc(C(C)C)c1. The summed E-state index contributed by atoms with van der Waals surface area (Å²) in [7, 11) is 0. The van der Waals surface area contributed by atoms with E-state index in [0.717, 1.165) is 5.75 Å². The molecule has 0 aliphatic carbocycles. The molecule has 1 heterocycles. The van der Waals surface area contributed by atoms with Gasteiger partial charge in [-0.25, -0.2) is 0 Å². The van der Waals surface area contributed by atoms with Crippen LogP contribution in [0.4, 0.5) is 0 Å². The van der Waals surface area contributed by atoms with Crippen LogP contribution in [0.15, 0.2) is 23.2 Å². The number of rotatable bonds is 3. The van der Waals surface area contributed by atoms with Gasteiger partial charge in [0.25, 0.3) is 0 Å². The standard InChI is InChI=1S/C10H15NS/c1-4-12-9-5-6-11-10(7-9)8(2)3/h5-8H,4H2,1-3H3. The van der Waals surface area contributed by atoms with Crippen molar-refractivity contribution in [2.45, 2.75) is 31.6 Å². The molecule has 0 fully saturated rings. The Kier molecular flexibility index (Phi) is 3.60. The Morgan fingerprint density at radius 2 is 2.25 bits per heavy atom. The van der Waals surface area contributed by atoms with E-state index in [4.69, 9.17) is 0 Å². The van der Waals surface area contributed by atoms with Crippen molar-refractivity contribution in [1.82, 2.24) is 4.98 Å². The monoisotopic (exact) mass is 181 g/mol. The van der Waals surface area contributed by atoms with E-state index in [1.54, 1.807) is 0 Å². The molecule has 0 unspecified atom stereocenters. The molecule has 0 aromatic carbocycles. The van der Waals surface area contributed by atoms with Crippen molar-refractivity contribution in [3.8, 4) is 0 Å². The summed E-state index contributed by atoms with van der Waals surface area (Å²) in [5.74, 6) is 1.66. The Morgan fingerprint density at radius 3 is 2.83 bits per heavy atom. The third kappa shape index (κ3) is 2.52. The van der Waals surface area contributed by atoms with Crippen LogP contribution in [0.3, 0.4) is 0 Å². The minimum Gasteiger partial charge on any atom is -0.261 e. The Balaban J connectivity index is 2.81. The van der Waals surface area contributed by atoms with Gasteiger partial charge in [0, 0.05) is 16.8 Å². The number of nitrogens with zero attached hydrogens (tertiary/aromatic N) is 1. The second kappa shape index (κ2) is 4.51. The summed E-state index contributed by atoms with van der Waals surface area (Å²) in [5.41, 5.74) is 1.19. The van der Waals surface area contributed by atoms with Crippen LogP contribution in [0.25, 0.3) is 0 Å². The fourth-order valence-corrected chi connectivity index (χ4v) is 1.69. The minimum atomic E-state index is 0.530. The molecule has 12 heavy (non-hydrogen) atoms. The van der Waals surface area contributed by atoms with Crippen molar-refractivity contribution in [3.05, 3.63) is 24.0 Å². The molecule has 0 saturated heterocycles.